The Bertz CT molecular complexity index is 740. The molecule has 1 aromatic carbocycles. The minimum Gasteiger partial charge on any atom is -0.416 e. The summed E-state index contributed by atoms with van der Waals surface area (Å²) in [5, 5.41) is 4.36. The molecule has 0 amide bonds. The Labute approximate surface area is 212 Å². The molecule has 1 aliphatic heterocycles. The van der Waals surface area contributed by atoms with Crippen LogP contribution in [0.5, 0.6) is 0 Å². The van der Waals surface area contributed by atoms with E-state index >= 15 is 0 Å². The van der Waals surface area contributed by atoms with Crippen LogP contribution in [-0.4, -0.2) is 48.5 Å². The molecule has 6 heteroatoms. The van der Waals surface area contributed by atoms with E-state index in [1.807, 2.05) is 0 Å². The average Bonchev–Trinajstić information content (AvgIpc) is 2.71. The lowest BCUT2D eigenvalue weighted by Gasteiger charge is -2.45. The molecule has 0 spiro atoms. The van der Waals surface area contributed by atoms with E-state index < -0.39 is 16.6 Å². The van der Waals surface area contributed by atoms with Crippen LogP contribution in [0.25, 0.3) is 0 Å². The summed E-state index contributed by atoms with van der Waals surface area (Å²) in [7, 11) is -3.57. The van der Waals surface area contributed by atoms with Gasteiger partial charge in [0.25, 0.3) is 0 Å². The maximum absolute atomic E-state index is 6.67. The third-order valence-electron chi connectivity index (χ3n) is 8.70. The Morgan fingerprint density at radius 3 is 1.85 bits per heavy atom. The molecular weight excluding hydrogens is 454 g/mol. The first-order valence-electron chi connectivity index (χ1n) is 13.2. The van der Waals surface area contributed by atoms with E-state index in [0.29, 0.717) is 30.5 Å². The van der Waals surface area contributed by atoms with Crippen molar-refractivity contribution >= 4 is 16.6 Å². The summed E-state index contributed by atoms with van der Waals surface area (Å²) in [5.41, 5.74) is 1.23. The smallest absolute Gasteiger partial charge is 0.192 e. The predicted molar refractivity (Wildman–Crippen MR) is 150 cm³/mol. The second-order valence-electron chi connectivity index (χ2n) is 13.5. The van der Waals surface area contributed by atoms with Gasteiger partial charge in [-0.3, -0.25) is 0 Å². The van der Waals surface area contributed by atoms with Crippen LogP contribution in [0.3, 0.4) is 0 Å². The number of hydrogen-bond donors (Lipinski definition) is 1. The van der Waals surface area contributed by atoms with E-state index in [4.69, 9.17) is 13.6 Å². The van der Waals surface area contributed by atoms with Gasteiger partial charge in [0.1, 0.15) is 0 Å². The van der Waals surface area contributed by atoms with Gasteiger partial charge in [-0.05, 0) is 61.1 Å². The summed E-state index contributed by atoms with van der Waals surface area (Å²) in [6.45, 7) is 28.6. The number of benzene rings is 1. The van der Waals surface area contributed by atoms with Gasteiger partial charge in [0.2, 0.25) is 0 Å². The SMILES string of the molecule is C[C@H]1N[C@@H](CO[Si](C)(C)C(C)(C)C)[C@@H](COCc2ccccc2)C[C@H]1CO[Si](C)(C)C(C)(C)C. The van der Waals surface area contributed by atoms with Crippen molar-refractivity contribution in [3.05, 3.63) is 35.9 Å². The molecule has 0 aliphatic carbocycles. The fourth-order valence-corrected chi connectivity index (χ4v) is 5.99. The average molecular weight is 508 g/mol. The molecule has 1 heterocycles. The third-order valence-corrected chi connectivity index (χ3v) is 17.7. The lowest BCUT2D eigenvalue weighted by atomic mass is 9.81. The van der Waals surface area contributed by atoms with Crippen LogP contribution in [0.15, 0.2) is 30.3 Å². The van der Waals surface area contributed by atoms with Crippen LogP contribution in [-0.2, 0) is 20.2 Å². The van der Waals surface area contributed by atoms with E-state index in [9.17, 15) is 0 Å². The lowest BCUT2D eigenvalue weighted by molar-refractivity contribution is 0.0170. The summed E-state index contributed by atoms with van der Waals surface area (Å²) >= 11 is 0. The molecule has 0 bridgehead atoms. The van der Waals surface area contributed by atoms with Crippen LogP contribution < -0.4 is 5.32 Å². The summed E-state index contributed by atoms with van der Waals surface area (Å²) in [6, 6.07) is 11.2. The minimum atomic E-state index is -1.80. The van der Waals surface area contributed by atoms with Crippen molar-refractivity contribution in [1.82, 2.24) is 5.32 Å². The van der Waals surface area contributed by atoms with Crippen LogP contribution in [0.2, 0.25) is 36.3 Å². The van der Waals surface area contributed by atoms with Gasteiger partial charge in [-0.15, -0.1) is 0 Å². The predicted octanol–water partition coefficient (Wildman–Crippen LogP) is 7.23. The van der Waals surface area contributed by atoms with Gasteiger partial charge >= 0.3 is 0 Å². The lowest BCUT2D eigenvalue weighted by Crippen LogP contribution is -2.57. The minimum absolute atomic E-state index is 0.214. The van der Waals surface area contributed by atoms with Crippen molar-refractivity contribution in [2.24, 2.45) is 11.8 Å². The molecule has 1 aliphatic rings. The standard InChI is InChI=1S/C28H53NO3Si2/c1-22-24(20-31-33(8,9)27(2,3)4)17-25(19-30-18-23-15-13-12-14-16-23)26(29-22)21-32-34(10,11)28(5,6)7/h12-16,22,24-26,29H,17-21H2,1-11H3/t22-,24+,25-,26+/m1/s1. The summed E-state index contributed by atoms with van der Waals surface area (Å²) < 4.78 is 19.6. The molecule has 34 heavy (non-hydrogen) atoms. The topological polar surface area (TPSA) is 39.7 Å². The first-order chi connectivity index (χ1) is 15.5. The monoisotopic (exact) mass is 507 g/mol. The fourth-order valence-electron chi connectivity index (χ4n) is 3.90. The highest BCUT2D eigenvalue weighted by atomic mass is 28.4. The van der Waals surface area contributed by atoms with E-state index in [1.54, 1.807) is 0 Å². The van der Waals surface area contributed by atoms with Crippen molar-refractivity contribution in [1.29, 1.82) is 0 Å². The van der Waals surface area contributed by atoms with Gasteiger partial charge < -0.3 is 18.9 Å². The highest BCUT2D eigenvalue weighted by molar-refractivity contribution is 6.74. The molecule has 0 unspecified atom stereocenters. The van der Waals surface area contributed by atoms with Crippen molar-refractivity contribution < 1.29 is 13.6 Å². The number of rotatable bonds is 10. The molecule has 2 rings (SSSR count). The van der Waals surface area contributed by atoms with Gasteiger partial charge in [-0.1, -0.05) is 71.9 Å². The van der Waals surface area contributed by atoms with Gasteiger partial charge in [0.05, 0.1) is 13.2 Å². The third kappa shape index (κ3) is 8.27. The second kappa shape index (κ2) is 11.7. The Morgan fingerprint density at radius 2 is 1.32 bits per heavy atom. The van der Waals surface area contributed by atoms with Crippen molar-refractivity contribution in [3.8, 4) is 0 Å². The van der Waals surface area contributed by atoms with Crippen LogP contribution in [0, 0.1) is 11.8 Å². The first kappa shape index (κ1) is 29.7. The molecule has 1 fully saturated rings. The highest BCUT2D eigenvalue weighted by Gasteiger charge is 2.42. The summed E-state index contributed by atoms with van der Waals surface area (Å²) in [4.78, 5) is 0. The zero-order valence-corrected chi connectivity index (χ0v) is 26.0. The molecule has 0 saturated carbocycles. The molecule has 1 saturated heterocycles. The Kier molecular flexibility index (Phi) is 10.2. The molecule has 4 atom stereocenters. The Balaban J connectivity index is 2.06. The number of piperidine rings is 1. The molecule has 1 aromatic rings. The number of nitrogens with one attached hydrogen (secondary N) is 1. The van der Waals surface area contributed by atoms with E-state index in [2.05, 4.69) is 110 Å². The fraction of sp³-hybridized carbons (Fsp3) is 0.786. The van der Waals surface area contributed by atoms with Crippen molar-refractivity contribution in [2.45, 2.75) is 110 Å². The highest BCUT2D eigenvalue weighted by Crippen LogP contribution is 2.39. The molecule has 4 nitrogen and oxygen atoms in total. The molecular formula is C28H53NO3Si2. The molecule has 196 valence electrons. The van der Waals surface area contributed by atoms with E-state index in [-0.39, 0.29) is 10.1 Å². The normalized spacial score (nSPS) is 24.9. The summed E-state index contributed by atoms with van der Waals surface area (Å²) in [6.07, 6.45) is 1.11. The number of hydrogen-bond acceptors (Lipinski definition) is 4. The Morgan fingerprint density at radius 1 is 0.794 bits per heavy atom. The zero-order valence-electron chi connectivity index (χ0n) is 24.0. The van der Waals surface area contributed by atoms with Crippen molar-refractivity contribution in [2.75, 3.05) is 19.8 Å². The van der Waals surface area contributed by atoms with E-state index in [0.717, 1.165) is 26.2 Å². The van der Waals surface area contributed by atoms with Gasteiger partial charge in [0.15, 0.2) is 16.6 Å². The van der Waals surface area contributed by atoms with Crippen LogP contribution in [0.4, 0.5) is 0 Å². The zero-order chi connectivity index (χ0) is 25.8. The van der Waals surface area contributed by atoms with E-state index in [1.165, 1.54) is 5.56 Å². The molecule has 0 aromatic heterocycles. The Hall–Kier alpha value is -0.506. The van der Waals surface area contributed by atoms with Crippen LogP contribution >= 0.6 is 0 Å². The van der Waals surface area contributed by atoms with Gasteiger partial charge in [0, 0.05) is 31.2 Å². The van der Waals surface area contributed by atoms with Gasteiger partial charge in [-0.2, -0.15) is 0 Å². The molecule has 1 N–H and O–H groups in total. The molecule has 0 radical (unpaired) electrons. The largest absolute Gasteiger partial charge is 0.416 e. The summed E-state index contributed by atoms with van der Waals surface area (Å²) in [5.74, 6) is 0.904. The maximum atomic E-state index is 6.67. The van der Waals surface area contributed by atoms with Crippen LogP contribution in [0.1, 0.15) is 60.5 Å². The maximum Gasteiger partial charge on any atom is 0.192 e. The number of ether oxygens (including phenoxy) is 1. The van der Waals surface area contributed by atoms with Crippen molar-refractivity contribution in [3.63, 3.8) is 0 Å². The van der Waals surface area contributed by atoms with Gasteiger partial charge in [-0.25, -0.2) is 0 Å². The second-order valence-corrected chi connectivity index (χ2v) is 23.1. The first-order valence-corrected chi connectivity index (χ1v) is 19.0. The quantitative estimate of drug-likeness (QED) is 0.339.